The second kappa shape index (κ2) is 8.56. The summed E-state index contributed by atoms with van der Waals surface area (Å²) >= 11 is 24.5. The Kier molecular flexibility index (Phi) is 5.88. The van der Waals surface area contributed by atoms with Crippen molar-refractivity contribution in [2.24, 2.45) is 0 Å². The van der Waals surface area contributed by atoms with E-state index in [1.54, 1.807) is 42.6 Å². The number of rotatable bonds is 4. The molecule has 0 amide bonds. The molecule has 4 rings (SSSR count). The number of ether oxygens (including phenoxy) is 1. The number of pyridine rings is 1. The largest absolute Gasteiger partial charge is 0.423 e. The molecule has 0 aliphatic carbocycles. The van der Waals surface area contributed by atoms with Crippen LogP contribution in [0, 0.1) is 0 Å². The first-order chi connectivity index (χ1) is 14.0. The molecule has 0 radical (unpaired) electrons. The summed E-state index contributed by atoms with van der Waals surface area (Å²) in [6, 6.07) is 14.3. The molecule has 0 aliphatic heterocycles. The third kappa shape index (κ3) is 4.62. The summed E-state index contributed by atoms with van der Waals surface area (Å²) < 4.78 is 5.74. The Morgan fingerprint density at radius 1 is 0.690 bits per heavy atom. The molecular weight excluding hydrogens is 452 g/mol. The van der Waals surface area contributed by atoms with E-state index in [1.807, 2.05) is 12.1 Å². The first kappa shape index (κ1) is 19.9. The van der Waals surface area contributed by atoms with Crippen LogP contribution in [0.1, 0.15) is 0 Å². The van der Waals surface area contributed by atoms with E-state index in [4.69, 9.17) is 51.1 Å². The minimum Gasteiger partial charge on any atom is -0.423 e. The summed E-state index contributed by atoms with van der Waals surface area (Å²) in [6.07, 6.45) is 4.71. The van der Waals surface area contributed by atoms with Gasteiger partial charge in [0.05, 0.1) is 21.9 Å². The zero-order chi connectivity index (χ0) is 20.4. The van der Waals surface area contributed by atoms with Crippen LogP contribution in [0.2, 0.25) is 20.1 Å². The van der Waals surface area contributed by atoms with Crippen molar-refractivity contribution in [3.63, 3.8) is 0 Å². The van der Waals surface area contributed by atoms with E-state index in [0.29, 0.717) is 37.1 Å². The molecule has 0 fully saturated rings. The Morgan fingerprint density at radius 3 is 2.17 bits per heavy atom. The first-order valence-corrected chi connectivity index (χ1v) is 9.87. The lowest BCUT2D eigenvalue weighted by Gasteiger charge is -2.13. The highest BCUT2D eigenvalue weighted by molar-refractivity contribution is 6.36. The van der Waals surface area contributed by atoms with Crippen molar-refractivity contribution in [3.05, 3.63) is 87.2 Å². The van der Waals surface area contributed by atoms with Gasteiger partial charge in [0.25, 0.3) is 0 Å². The highest BCUT2D eigenvalue weighted by Gasteiger charge is 2.16. The van der Waals surface area contributed by atoms with Crippen LogP contribution in [0.15, 0.2) is 67.1 Å². The van der Waals surface area contributed by atoms with Gasteiger partial charge in [-0.25, -0.2) is 4.98 Å². The maximum absolute atomic E-state index is 6.45. The average Bonchev–Trinajstić information content (AvgIpc) is 2.69. The monoisotopic (exact) mass is 461 g/mol. The smallest absolute Gasteiger partial charge is 0.322 e. The normalized spacial score (nSPS) is 10.8. The molecule has 0 unspecified atom stereocenters. The Bertz CT molecular complexity index is 1180. The molecule has 0 bridgehead atoms. The number of nitrogens with zero attached hydrogens (tertiary/aromatic N) is 3. The molecule has 4 aromatic rings. The van der Waals surface area contributed by atoms with Crippen LogP contribution < -0.4 is 4.74 Å². The fraction of sp³-hybridized carbons (Fsp3) is 0. The summed E-state index contributed by atoms with van der Waals surface area (Å²) in [5.74, 6) is 0.421. The van der Waals surface area contributed by atoms with Crippen molar-refractivity contribution >= 4 is 46.4 Å². The maximum Gasteiger partial charge on any atom is 0.322 e. The van der Waals surface area contributed by atoms with Gasteiger partial charge in [-0.05, 0) is 35.9 Å². The van der Waals surface area contributed by atoms with E-state index in [-0.39, 0.29) is 6.01 Å². The molecule has 0 N–H and O–H groups in total. The summed E-state index contributed by atoms with van der Waals surface area (Å²) in [5, 5.41) is 2.07. The molecule has 29 heavy (non-hydrogen) atoms. The van der Waals surface area contributed by atoms with Crippen LogP contribution in [-0.4, -0.2) is 15.0 Å². The number of hydrogen-bond acceptors (Lipinski definition) is 4. The zero-order valence-electron chi connectivity index (χ0n) is 14.6. The molecule has 0 atom stereocenters. The fourth-order valence-electron chi connectivity index (χ4n) is 2.70. The van der Waals surface area contributed by atoms with Gasteiger partial charge in [-0.15, -0.1) is 0 Å². The van der Waals surface area contributed by atoms with Crippen molar-refractivity contribution in [1.29, 1.82) is 0 Å². The van der Waals surface area contributed by atoms with E-state index in [0.717, 1.165) is 11.1 Å². The van der Waals surface area contributed by atoms with Crippen LogP contribution in [0.4, 0.5) is 0 Å². The van der Waals surface area contributed by atoms with E-state index in [2.05, 4.69) is 15.0 Å². The van der Waals surface area contributed by atoms with Crippen molar-refractivity contribution in [3.8, 4) is 34.1 Å². The van der Waals surface area contributed by atoms with E-state index < -0.39 is 0 Å². The van der Waals surface area contributed by atoms with E-state index in [1.165, 1.54) is 12.4 Å². The van der Waals surface area contributed by atoms with Crippen LogP contribution in [0.3, 0.4) is 0 Å². The molecule has 8 heteroatoms. The van der Waals surface area contributed by atoms with Gasteiger partial charge in [0.1, 0.15) is 0 Å². The predicted octanol–water partition coefficient (Wildman–Crippen LogP) is 7.61. The van der Waals surface area contributed by atoms with Crippen molar-refractivity contribution < 1.29 is 4.74 Å². The van der Waals surface area contributed by atoms with Gasteiger partial charge in [0.15, 0.2) is 5.75 Å². The van der Waals surface area contributed by atoms with Gasteiger partial charge in [0, 0.05) is 39.6 Å². The third-order valence-corrected chi connectivity index (χ3v) is 5.00. The van der Waals surface area contributed by atoms with Crippen LogP contribution >= 0.6 is 46.4 Å². The molecule has 2 aromatic carbocycles. The average molecular weight is 463 g/mol. The van der Waals surface area contributed by atoms with Crippen LogP contribution in [0.5, 0.6) is 11.8 Å². The summed E-state index contributed by atoms with van der Waals surface area (Å²) in [4.78, 5) is 12.9. The van der Waals surface area contributed by atoms with Crippen LogP contribution in [0.25, 0.3) is 22.4 Å². The van der Waals surface area contributed by atoms with Crippen molar-refractivity contribution in [1.82, 2.24) is 15.0 Å². The van der Waals surface area contributed by atoms with Gasteiger partial charge in [-0.2, -0.15) is 4.98 Å². The Labute approximate surface area is 187 Å². The van der Waals surface area contributed by atoms with Gasteiger partial charge in [0.2, 0.25) is 0 Å². The Morgan fingerprint density at radius 2 is 1.45 bits per heavy atom. The summed E-state index contributed by atoms with van der Waals surface area (Å²) in [5.41, 5.74) is 2.93. The first-order valence-electron chi connectivity index (χ1n) is 8.36. The molecule has 0 saturated carbocycles. The number of benzene rings is 2. The zero-order valence-corrected chi connectivity index (χ0v) is 17.6. The quantitative estimate of drug-likeness (QED) is 0.313. The van der Waals surface area contributed by atoms with Gasteiger partial charge >= 0.3 is 6.01 Å². The number of halogens is 4. The number of aromatic nitrogens is 3. The van der Waals surface area contributed by atoms with Crippen molar-refractivity contribution in [2.75, 3.05) is 0 Å². The molecule has 2 aromatic heterocycles. The summed E-state index contributed by atoms with van der Waals surface area (Å²) in [6.45, 7) is 0. The molecule has 0 aliphatic rings. The van der Waals surface area contributed by atoms with Gasteiger partial charge in [-0.1, -0.05) is 58.5 Å². The molecular formula is C21H11Cl4N3O. The topological polar surface area (TPSA) is 47.9 Å². The van der Waals surface area contributed by atoms with Gasteiger partial charge in [-0.3, -0.25) is 4.98 Å². The molecule has 144 valence electrons. The minimum atomic E-state index is 0.132. The summed E-state index contributed by atoms with van der Waals surface area (Å²) in [7, 11) is 0. The van der Waals surface area contributed by atoms with E-state index in [9.17, 15) is 0 Å². The van der Waals surface area contributed by atoms with Crippen molar-refractivity contribution in [2.45, 2.75) is 0 Å². The highest BCUT2D eigenvalue weighted by Crippen LogP contribution is 2.37. The molecule has 2 heterocycles. The lowest BCUT2D eigenvalue weighted by Crippen LogP contribution is -1.97. The minimum absolute atomic E-state index is 0.132. The SMILES string of the molecule is Clc1ccc(-c2cnc(Oc3cncc(Cl)c3)nc2-c2ccc(Cl)cc2Cl)cc1. The second-order valence-corrected chi connectivity index (χ2v) is 7.70. The maximum atomic E-state index is 6.45. The fourth-order valence-corrected chi connectivity index (χ4v) is 3.48. The highest BCUT2D eigenvalue weighted by atomic mass is 35.5. The standard InChI is InChI=1S/C21H11Cl4N3O/c22-13-3-1-12(2-4-13)18-11-27-21(29-16-7-15(24)9-26-10-16)28-20(18)17-6-5-14(23)8-19(17)25/h1-11H. The Hall–Kier alpha value is -2.37. The van der Waals surface area contributed by atoms with Crippen LogP contribution in [-0.2, 0) is 0 Å². The third-order valence-electron chi connectivity index (χ3n) is 4.00. The lowest BCUT2D eigenvalue weighted by atomic mass is 10.0. The lowest BCUT2D eigenvalue weighted by molar-refractivity contribution is 0.441. The second-order valence-electron chi connectivity index (χ2n) is 5.99. The predicted molar refractivity (Wildman–Crippen MR) is 117 cm³/mol. The number of hydrogen-bond donors (Lipinski definition) is 0. The van der Waals surface area contributed by atoms with E-state index >= 15 is 0 Å². The molecule has 0 spiro atoms. The Balaban J connectivity index is 1.84. The molecule has 0 saturated heterocycles. The molecule has 4 nitrogen and oxygen atoms in total. The van der Waals surface area contributed by atoms with Gasteiger partial charge < -0.3 is 4.74 Å².